The topological polar surface area (TPSA) is 84.3 Å². The van der Waals surface area contributed by atoms with Crippen LogP contribution in [0, 0.1) is 6.92 Å². The highest BCUT2D eigenvalue weighted by Crippen LogP contribution is 2.32. The van der Waals surface area contributed by atoms with E-state index in [-0.39, 0.29) is 17.4 Å². The zero-order chi connectivity index (χ0) is 22.4. The van der Waals surface area contributed by atoms with Crippen molar-refractivity contribution in [2.45, 2.75) is 58.9 Å². The number of nitrogens with one attached hydrogen (secondary N) is 1. The number of hydrogen-bond donors (Lipinski definition) is 1. The second-order valence-electron chi connectivity index (χ2n) is 8.60. The summed E-state index contributed by atoms with van der Waals surface area (Å²) in [5, 5.41) is 3.55. The second-order valence-corrected chi connectivity index (χ2v) is 9.60. The summed E-state index contributed by atoms with van der Waals surface area (Å²) in [4.78, 5) is 45.9. The number of rotatable bonds is 2. The Bertz CT molecular complexity index is 1310. The lowest BCUT2D eigenvalue weighted by Gasteiger charge is -2.28. The number of thiophene rings is 1. The molecule has 1 N–H and O–H groups in total. The van der Waals surface area contributed by atoms with Gasteiger partial charge in [-0.2, -0.15) is 0 Å². The van der Waals surface area contributed by atoms with Gasteiger partial charge in [-0.15, -0.1) is 11.3 Å². The Balaban J connectivity index is 1.47. The fourth-order valence-corrected chi connectivity index (χ4v) is 5.90. The fourth-order valence-electron chi connectivity index (χ4n) is 4.82. The summed E-state index contributed by atoms with van der Waals surface area (Å²) in [6.07, 6.45) is 5.70. The van der Waals surface area contributed by atoms with E-state index in [9.17, 15) is 14.4 Å². The van der Waals surface area contributed by atoms with Gasteiger partial charge in [0.05, 0.1) is 10.3 Å². The smallest absolute Gasteiger partial charge is 0.266 e. The normalized spacial score (nSPS) is 15.8. The Kier molecular flexibility index (Phi) is 5.33. The van der Waals surface area contributed by atoms with Gasteiger partial charge < -0.3 is 10.2 Å². The van der Waals surface area contributed by atoms with Crippen LogP contribution in [0.1, 0.15) is 59.2 Å². The quantitative estimate of drug-likeness (QED) is 0.639. The van der Waals surface area contributed by atoms with Crippen molar-refractivity contribution in [3.05, 3.63) is 50.4 Å². The number of fused-ring (bicyclic) bond motifs is 3. The van der Waals surface area contributed by atoms with Crippen molar-refractivity contribution < 1.29 is 9.59 Å². The molecule has 2 aliphatic heterocycles. The number of nitrogens with zero attached hydrogens (tertiary/aromatic N) is 3. The van der Waals surface area contributed by atoms with Gasteiger partial charge in [-0.05, 0) is 61.9 Å². The van der Waals surface area contributed by atoms with Crippen LogP contribution in [0.15, 0.2) is 23.0 Å². The third kappa shape index (κ3) is 3.52. The predicted octanol–water partition coefficient (Wildman–Crippen LogP) is 4.04. The largest absolute Gasteiger partial charge is 0.321 e. The summed E-state index contributed by atoms with van der Waals surface area (Å²) in [5.74, 6) is 0.628. The Morgan fingerprint density at radius 3 is 2.75 bits per heavy atom. The van der Waals surface area contributed by atoms with E-state index in [1.165, 1.54) is 11.3 Å². The van der Waals surface area contributed by atoms with Crippen LogP contribution in [0.3, 0.4) is 0 Å². The first-order valence-electron chi connectivity index (χ1n) is 11.2. The molecule has 2 amide bonds. The lowest BCUT2D eigenvalue weighted by molar-refractivity contribution is -0.116. The zero-order valence-electron chi connectivity index (χ0n) is 18.4. The molecule has 2 aliphatic rings. The monoisotopic (exact) mass is 450 g/mol. The summed E-state index contributed by atoms with van der Waals surface area (Å²) in [6.45, 7) is 4.82. The summed E-state index contributed by atoms with van der Waals surface area (Å²) in [6, 6.07) is 5.67. The van der Waals surface area contributed by atoms with Crippen LogP contribution < -0.4 is 15.8 Å². The number of amides is 2. The average Bonchev–Trinajstić information content (AvgIpc) is 2.94. The molecule has 0 saturated heterocycles. The molecule has 7 nitrogen and oxygen atoms in total. The average molecular weight is 451 g/mol. The van der Waals surface area contributed by atoms with E-state index in [0.29, 0.717) is 32.9 Å². The molecular formula is C24H26N4O3S. The van der Waals surface area contributed by atoms with Crippen molar-refractivity contribution in [3.63, 3.8) is 0 Å². The van der Waals surface area contributed by atoms with Gasteiger partial charge in [0.2, 0.25) is 5.91 Å². The van der Waals surface area contributed by atoms with Gasteiger partial charge in [0, 0.05) is 37.8 Å². The van der Waals surface area contributed by atoms with E-state index in [2.05, 4.69) is 5.32 Å². The van der Waals surface area contributed by atoms with Gasteiger partial charge in [0.25, 0.3) is 11.5 Å². The number of carbonyl (C=O) groups is 2. The van der Waals surface area contributed by atoms with Crippen molar-refractivity contribution in [1.82, 2.24) is 9.55 Å². The molecule has 0 fully saturated rings. The fraction of sp³-hybridized carbons (Fsp3) is 0.417. The first-order chi connectivity index (χ1) is 15.4. The molecule has 0 spiro atoms. The first kappa shape index (κ1) is 20.9. The Morgan fingerprint density at radius 1 is 1.09 bits per heavy atom. The van der Waals surface area contributed by atoms with Crippen LogP contribution in [-0.2, 0) is 24.2 Å². The summed E-state index contributed by atoms with van der Waals surface area (Å²) >= 11 is 1.29. The van der Waals surface area contributed by atoms with Crippen LogP contribution in [0.4, 0.5) is 11.4 Å². The number of anilines is 2. The number of hydrogen-bond acceptors (Lipinski definition) is 5. The maximum absolute atomic E-state index is 13.2. The minimum Gasteiger partial charge on any atom is -0.321 e. The van der Waals surface area contributed by atoms with Crippen molar-refractivity contribution >= 4 is 44.7 Å². The number of carbonyl (C=O) groups excluding carboxylic acids is 2. The highest BCUT2D eigenvalue weighted by atomic mass is 32.1. The SMILES string of the molecule is CC(=O)N1CCCc2cc(NC(=O)c3sc4nc5n(c(=O)c4c3C)CCCCC5)ccc21. The van der Waals surface area contributed by atoms with Crippen molar-refractivity contribution in [2.75, 3.05) is 16.8 Å². The van der Waals surface area contributed by atoms with Gasteiger partial charge in [-0.3, -0.25) is 19.0 Å². The summed E-state index contributed by atoms with van der Waals surface area (Å²) in [7, 11) is 0. The molecule has 1 aromatic carbocycles. The molecule has 0 unspecified atom stereocenters. The Hall–Kier alpha value is -3.00. The first-order valence-corrected chi connectivity index (χ1v) is 12.0. The van der Waals surface area contributed by atoms with Gasteiger partial charge >= 0.3 is 0 Å². The molecule has 32 heavy (non-hydrogen) atoms. The maximum Gasteiger partial charge on any atom is 0.266 e. The molecule has 0 radical (unpaired) electrons. The van der Waals surface area contributed by atoms with Crippen LogP contribution in [0.5, 0.6) is 0 Å². The molecule has 5 rings (SSSR count). The molecule has 0 atom stereocenters. The molecule has 166 valence electrons. The minimum atomic E-state index is -0.232. The van der Waals surface area contributed by atoms with E-state index in [0.717, 1.165) is 62.1 Å². The molecule has 0 saturated carbocycles. The van der Waals surface area contributed by atoms with Crippen molar-refractivity contribution in [2.24, 2.45) is 0 Å². The van der Waals surface area contributed by atoms with Gasteiger partial charge in [-0.25, -0.2) is 4.98 Å². The van der Waals surface area contributed by atoms with E-state index < -0.39 is 0 Å². The summed E-state index contributed by atoms with van der Waals surface area (Å²) in [5.41, 5.74) is 3.33. The molecule has 0 bridgehead atoms. The number of aryl methyl sites for hydroxylation is 3. The number of aromatic nitrogens is 2. The van der Waals surface area contributed by atoms with E-state index in [1.54, 1.807) is 16.4 Å². The van der Waals surface area contributed by atoms with E-state index in [4.69, 9.17) is 4.98 Å². The van der Waals surface area contributed by atoms with Crippen LogP contribution >= 0.6 is 11.3 Å². The minimum absolute atomic E-state index is 0.0285. The second kappa shape index (κ2) is 8.16. The molecule has 8 heteroatoms. The standard InChI is InChI=1S/C24H26N4O3S/c1-14-20-23(26-19-8-4-3-5-11-28(19)24(20)31)32-21(14)22(30)25-17-9-10-18-16(13-17)7-6-12-27(18)15(2)29/h9-10,13H,3-8,11-12H2,1-2H3,(H,25,30). The molecule has 3 aromatic rings. The zero-order valence-corrected chi connectivity index (χ0v) is 19.2. The molecule has 4 heterocycles. The Morgan fingerprint density at radius 2 is 1.94 bits per heavy atom. The third-order valence-electron chi connectivity index (χ3n) is 6.45. The van der Waals surface area contributed by atoms with Crippen molar-refractivity contribution in [1.29, 1.82) is 0 Å². The highest BCUT2D eigenvalue weighted by molar-refractivity contribution is 7.20. The maximum atomic E-state index is 13.2. The van der Waals surface area contributed by atoms with E-state index in [1.807, 2.05) is 25.1 Å². The van der Waals surface area contributed by atoms with Crippen LogP contribution in [0.25, 0.3) is 10.2 Å². The molecule has 0 aliphatic carbocycles. The lowest BCUT2D eigenvalue weighted by Crippen LogP contribution is -2.33. The molecule has 2 aromatic heterocycles. The predicted molar refractivity (Wildman–Crippen MR) is 127 cm³/mol. The van der Waals surface area contributed by atoms with Gasteiger partial charge in [0.15, 0.2) is 0 Å². The van der Waals surface area contributed by atoms with Gasteiger partial charge in [-0.1, -0.05) is 6.42 Å². The third-order valence-corrected chi connectivity index (χ3v) is 7.64. The highest BCUT2D eigenvalue weighted by Gasteiger charge is 2.24. The van der Waals surface area contributed by atoms with Gasteiger partial charge in [0.1, 0.15) is 10.7 Å². The van der Waals surface area contributed by atoms with Crippen LogP contribution in [0.2, 0.25) is 0 Å². The van der Waals surface area contributed by atoms with E-state index >= 15 is 0 Å². The van der Waals surface area contributed by atoms with Crippen molar-refractivity contribution in [3.8, 4) is 0 Å². The molecular weight excluding hydrogens is 424 g/mol. The number of benzene rings is 1. The van der Waals surface area contributed by atoms with Crippen LogP contribution in [-0.4, -0.2) is 27.9 Å². The Labute approximate surface area is 190 Å². The lowest BCUT2D eigenvalue weighted by atomic mass is 10.0. The summed E-state index contributed by atoms with van der Waals surface area (Å²) < 4.78 is 1.79.